The standard InChI is InChI=1S/C22H25N5O/c1-15(12-23)4-5-16(2)27-20(28)22(10-3-11-22)19-8-6-17(7-9-19)18-13-25-21(24)26-14-18/h4-9,12-14H,2-3,10-11,23H2,1H3,(H,27,28)(H2,24,25,26)/b5-4-,15-12-. The van der Waals surface area contributed by atoms with Gasteiger partial charge in [-0.2, -0.15) is 0 Å². The molecule has 0 aliphatic heterocycles. The number of nitrogens with two attached hydrogens (primary N) is 2. The van der Waals surface area contributed by atoms with Crippen LogP contribution in [0.1, 0.15) is 31.7 Å². The summed E-state index contributed by atoms with van der Waals surface area (Å²) in [6.45, 7) is 5.80. The van der Waals surface area contributed by atoms with Crippen LogP contribution in [-0.4, -0.2) is 15.9 Å². The molecule has 0 unspecified atom stereocenters. The number of nitrogen functional groups attached to an aromatic ring is 1. The van der Waals surface area contributed by atoms with Crippen molar-refractivity contribution in [3.05, 3.63) is 78.4 Å². The highest BCUT2D eigenvalue weighted by Crippen LogP contribution is 2.44. The van der Waals surface area contributed by atoms with Crippen molar-refractivity contribution in [2.24, 2.45) is 5.73 Å². The summed E-state index contributed by atoms with van der Waals surface area (Å²) in [5.74, 6) is 0.225. The van der Waals surface area contributed by atoms with Gasteiger partial charge in [-0.15, -0.1) is 0 Å². The van der Waals surface area contributed by atoms with Crippen LogP contribution >= 0.6 is 0 Å². The third-order valence-corrected chi connectivity index (χ3v) is 5.17. The van der Waals surface area contributed by atoms with Crippen molar-refractivity contribution in [1.82, 2.24) is 15.3 Å². The van der Waals surface area contributed by atoms with E-state index in [1.54, 1.807) is 18.5 Å². The summed E-state index contributed by atoms with van der Waals surface area (Å²) in [7, 11) is 0. The second-order valence-corrected chi connectivity index (χ2v) is 7.07. The van der Waals surface area contributed by atoms with Crippen LogP contribution < -0.4 is 16.8 Å². The number of benzene rings is 1. The number of allylic oxidation sites excluding steroid dienone is 3. The van der Waals surface area contributed by atoms with Crippen molar-refractivity contribution in [2.45, 2.75) is 31.6 Å². The number of aromatic nitrogens is 2. The van der Waals surface area contributed by atoms with Gasteiger partial charge in [-0.1, -0.05) is 43.3 Å². The molecule has 1 aliphatic rings. The minimum Gasteiger partial charge on any atom is -0.404 e. The van der Waals surface area contributed by atoms with E-state index in [1.807, 2.05) is 37.3 Å². The third kappa shape index (κ3) is 3.96. The second-order valence-electron chi connectivity index (χ2n) is 7.07. The van der Waals surface area contributed by atoms with E-state index in [2.05, 4.69) is 21.9 Å². The fraction of sp³-hybridized carbons (Fsp3) is 0.227. The number of hydrogen-bond donors (Lipinski definition) is 3. The molecule has 1 aromatic heterocycles. The Balaban J connectivity index is 1.76. The Morgan fingerprint density at radius 1 is 1.14 bits per heavy atom. The van der Waals surface area contributed by atoms with Gasteiger partial charge in [-0.3, -0.25) is 4.79 Å². The number of carbonyl (C=O) groups is 1. The van der Waals surface area contributed by atoms with Gasteiger partial charge >= 0.3 is 0 Å². The van der Waals surface area contributed by atoms with Crippen molar-refractivity contribution >= 4 is 11.9 Å². The molecule has 2 aromatic rings. The van der Waals surface area contributed by atoms with Gasteiger partial charge in [0.2, 0.25) is 11.9 Å². The molecule has 1 aromatic carbocycles. The Labute approximate surface area is 165 Å². The van der Waals surface area contributed by atoms with Crippen LogP contribution in [0.4, 0.5) is 5.95 Å². The fourth-order valence-corrected chi connectivity index (χ4v) is 3.24. The zero-order valence-electron chi connectivity index (χ0n) is 16.0. The lowest BCUT2D eigenvalue weighted by molar-refractivity contribution is -0.129. The van der Waals surface area contributed by atoms with E-state index in [9.17, 15) is 4.79 Å². The average molecular weight is 375 g/mol. The van der Waals surface area contributed by atoms with Crippen LogP contribution in [-0.2, 0) is 10.2 Å². The Bertz CT molecular complexity index is 922. The first-order chi connectivity index (χ1) is 13.4. The van der Waals surface area contributed by atoms with Gasteiger partial charge in [-0.25, -0.2) is 9.97 Å². The van der Waals surface area contributed by atoms with Crippen LogP contribution in [0.25, 0.3) is 11.1 Å². The molecule has 3 rings (SSSR count). The highest BCUT2D eigenvalue weighted by Gasteiger charge is 2.45. The lowest BCUT2D eigenvalue weighted by Crippen LogP contribution is -2.48. The number of rotatable bonds is 6. The maximum Gasteiger partial charge on any atom is 0.235 e. The van der Waals surface area contributed by atoms with Crippen molar-refractivity contribution < 1.29 is 4.79 Å². The average Bonchev–Trinajstić information content (AvgIpc) is 2.66. The van der Waals surface area contributed by atoms with E-state index < -0.39 is 5.41 Å². The normalized spacial score (nSPS) is 15.8. The molecule has 1 saturated carbocycles. The maximum absolute atomic E-state index is 13.0. The van der Waals surface area contributed by atoms with Crippen LogP contribution in [0.5, 0.6) is 0 Å². The summed E-state index contributed by atoms with van der Waals surface area (Å²) in [6.07, 6.45) is 11.1. The topological polar surface area (TPSA) is 107 Å². The third-order valence-electron chi connectivity index (χ3n) is 5.17. The Morgan fingerprint density at radius 3 is 2.32 bits per heavy atom. The van der Waals surface area contributed by atoms with Crippen LogP contribution in [0.3, 0.4) is 0 Å². The number of anilines is 1. The fourth-order valence-electron chi connectivity index (χ4n) is 3.24. The van der Waals surface area contributed by atoms with E-state index in [-0.39, 0.29) is 11.9 Å². The predicted molar refractivity (Wildman–Crippen MR) is 112 cm³/mol. The lowest BCUT2D eigenvalue weighted by atomic mass is 9.63. The van der Waals surface area contributed by atoms with Crippen molar-refractivity contribution in [3.8, 4) is 11.1 Å². The number of amides is 1. The van der Waals surface area contributed by atoms with Crippen molar-refractivity contribution in [3.63, 3.8) is 0 Å². The molecule has 144 valence electrons. The SMILES string of the molecule is C=C(/C=C\C(C)=C/N)NC(=O)C1(c2ccc(-c3cnc(N)nc3)cc2)CCC1. The van der Waals surface area contributed by atoms with Gasteiger partial charge in [0.1, 0.15) is 0 Å². The highest BCUT2D eigenvalue weighted by atomic mass is 16.2. The Kier molecular flexibility index (Phi) is 5.59. The molecular formula is C22H25N5O. The highest BCUT2D eigenvalue weighted by molar-refractivity contribution is 5.91. The Hall–Kier alpha value is -3.41. The van der Waals surface area contributed by atoms with Gasteiger partial charge in [-0.05, 0) is 48.7 Å². The molecule has 1 fully saturated rings. The molecule has 0 spiro atoms. The van der Waals surface area contributed by atoms with Crippen LogP contribution in [0, 0.1) is 0 Å². The van der Waals surface area contributed by atoms with E-state index in [1.165, 1.54) is 6.20 Å². The zero-order chi connectivity index (χ0) is 20.1. The zero-order valence-corrected chi connectivity index (χ0v) is 16.0. The second kappa shape index (κ2) is 8.08. The first kappa shape index (κ1) is 19.4. The molecular weight excluding hydrogens is 350 g/mol. The summed E-state index contributed by atoms with van der Waals surface area (Å²) in [6, 6.07) is 7.98. The molecule has 0 atom stereocenters. The molecule has 0 radical (unpaired) electrons. The van der Waals surface area contributed by atoms with Gasteiger partial charge in [0, 0.05) is 23.7 Å². The summed E-state index contributed by atoms with van der Waals surface area (Å²) in [4.78, 5) is 21.0. The first-order valence-electron chi connectivity index (χ1n) is 9.20. The van der Waals surface area contributed by atoms with Crippen LogP contribution in [0.2, 0.25) is 0 Å². The van der Waals surface area contributed by atoms with Gasteiger partial charge in [0.25, 0.3) is 0 Å². The summed E-state index contributed by atoms with van der Waals surface area (Å²) >= 11 is 0. The molecule has 28 heavy (non-hydrogen) atoms. The minimum atomic E-state index is -0.508. The number of hydrogen-bond acceptors (Lipinski definition) is 5. The van der Waals surface area contributed by atoms with E-state index in [0.717, 1.165) is 41.5 Å². The smallest absolute Gasteiger partial charge is 0.235 e. The Morgan fingerprint density at radius 2 is 1.79 bits per heavy atom. The van der Waals surface area contributed by atoms with E-state index in [4.69, 9.17) is 11.5 Å². The van der Waals surface area contributed by atoms with Crippen LogP contribution in [0.15, 0.2) is 72.9 Å². The predicted octanol–water partition coefficient (Wildman–Crippen LogP) is 3.20. The molecule has 6 nitrogen and oxygen atoms in total. The molecule has 1 heterocycles. The summed E-state index contributed by atoms with van der Waals surface area (Å²) < 4.78 is 0. The first-order valence-corrected chi connectivity index (χ1v) is 9.20. The number of carbonyl (C=O) groups excluding carboxylic acids is 1. The molecule has 6 heteroatoms. The van der Waals surface area contributed by atoms with Gasteiger partial charge in [0.15, 0.2) is 0 Å². The largest absolute Gasteiger partial charge is 0.404 e. The quantitative estimate of drug-likeness (QED) is 0.672. The summed E-state index contributed by atoms with van der Waals surface area (Å²) in [5.41, 5.74) is 14.8. The molecule has 0 bridgehead atoms. The monoisotopic (exact) mass is 375 g/mol. The van der Waals surface area contributed by atoms with Gasteiger partial charge in [0.05, 0.1) is 5.41 Å². The lowest BCUT2D eigenvalue weighted by Gasteiger charge is -2.40. The van der Waals surface area contributed by atoms with Crippen molar-refractivity contribution in [1.29, 1.82) is 0 Å². The van der Waals surface area contributed by atoms with E-state index in [0.29, 0.717) is 5.70 Å². The maximum atomic E-state index is 13.0. The summed E-state index contributed by atoms with van der Waals surface area (Å²) in [5, 5.41) is 2.93. The number of nitrogens with zero attached hydrogens (tertiary/aromatic N) is 2. The molecule has 1 aliphatic carbocycles. The number of nitrogens with one attached hydrogen (secondary N) is 1. The molecule has 0 saturated heterocycles. The van der Waals surface area contributed by atoms with Crippen molar-refractivity contribution in [2.75, 3.05) is 5.73 Å². The molecule has 5 N–H and O–H groups in total. The van der Waals surface area contributed by atoms with E-state index >= 15 is 0 Å². The minimum absolute atomic E-state index is 0.0219. The molecule has 1 amide bonds. The van der Waals surface area contributed by atoms with Gasteiger partial charge < -0.3 is 16.8 Å².